The fraction of sp³-hybridized carbons (Fsp3) is 0.333. The van der Waals surface area contributed by atoms with Gasteiger partial charge in [-0.2, -0.15) is 0 Å². The third-order valence-corrected chi connectivity index (χ3v) is 5.89. The van der Waals surface area contributed by atoms with Crippen molar-refractivity contribution in [3.8, 4) is 5.75 Å². The zero-order valence-electron chi connectivity index (χ0n) is 19.7. The van der Waals surface area contributed by atoms with Crippen LogP contribution in [0.3, 0.4) is 0 Å². The number of nitrogens with zero attached hydrogens (tertiary/aromatic N) is 1. The molecule has 0 aliphatic rings. The number of hydrogen-bond donors (Lipinski definition) is 4. The topological polar surface area (TPSA) is 154 Å². The van der Waals surface area contributed by atoms with Crippen LogP contribution in [0.2, 0.25) is 0 Å². The van der Waals surface area contributed by atoms with Gasteiger partial charge in [-0.3, -0.25) is 10.1 Å². The molecule has 1 atom stereocenters. The number of carbonyl (C=O) groups is 4. The Labute approximate surface area is 241 Å². The molecule has 0 unspecified atom stereocenters. The van der Waals surface area contributed by atoms with Gasteiger partial charge in [-0.1, -0.05) is 57.3 Å². The molecule has 11 nitrogen and oxygen atoms in total. The van der Waals surface area contributed by atoms with E-state index in [1.54, 1.807) is 12.1 Å². The largest absolute Gasteiger partial charge is 0.481 e. The van der Waals surface area contributed by atoms with Crippen LogP contribution in [0.4, 0.5) is 21.0 Å². The highest BCUT2D eigenvalue weighted by Gasteiger charge is 2.22. The molecule has 0 aliphatic heterocycles. The van der Waals surface area contributed by atoms with Gasteiger partial charge in [0.2, 0.25) is 0 Å². The number of rotatable bonds is 14. The first-order chi connectivity index (χ1) is 17.7. The number of anilines is 2. The number of ether oxygens (including phenoxy) is 2. The van der Waals surface area contributed by atoms with Crippen molar-refractivity contribution in [1.29, 1.82) is 0 Å². The maximum atomic E-state index is 12.2. The van der Waals surface area contributed by atoms with Crippen molar-refractivity contribution in [2.45, 2.75) is 25.5 Å². The van der Waals surface area contributed by atoms with Crippen molar-refractivity contribution >= 4 is 80.7 Å². The lowest BCUT2D eigenvalue weighted by Crippen LogP contribution is -2.42. The van der Waals surface area contributed by atoms with E-state index in [1.807, 2.05) is 24.3 Å². The summed E-state index contributed by atoms with van der Waals surface area (Å²) in [4.78, 5) is 48.2. The zero-order chi connectivity index (χ0) is 27.2. The standard InChI is InChI=1S/C24H27I2N3O8/c25-11-13-29(14-12-26)18-5-3-17(4-6-18)27-23(34)36-15-16-1-7-19(8-2-16)37-24(35)28-20(22(32)33)9-10-21(30)31/h1-8,20H,9-15H2,(H,27,34)(H,28,35)(H,30,31)(H,32,33)/t20-/m0/s1. The molecule has 0 saturated heterocycles. The minimum absolute atomic E-state index is 0.0221. The first-order valence-corrected chi connectivity index (χ1v) is 14.2. The maximum absolute atomic E-state index is 12.2. The number of benzene rings is 2. The molecule has 2 aromatic rings. The normalized spacial score (nSPS) is 11.2. The Morgan fingerprint density at radius 1 is 0.892 bits per heavy atom. The van der Waals surface area contributed by atoms with Crippen LogP contribution in [0.5, 0.6) is 5.75 Å². The molecule has 13 heteroatoms. The molecular weight excluding hydrogens is 712 g/mol. The summed E-state index contributed by atoms with van der Waals surface area (Å²) in [6, 6.07) is 12.2. The second-order valence-corrected chi connectivity index (χ2v) is 9.77. The second kappa shape index (κ2) is 16.1. The number of nitrogens with one attached hydrogen (secondary N) is 2. The molecule has 0 heterocycles. The molecule has 2 rings (SSSR count). The smallest absolute Gasteiger partial charge is 0.413 e. The van der Waals surface area contributed by atoms with E-state index < -0.39 is 36.6 Å². The fourth-order valence-electron chi connectivity index (χ4n) is 3.09. The quantitative estimate of drug-likeness (QED) is 0.162. The van der Waals surface area contributed by atoms with Crippen molar-refractivity contribution < 1.29 is 38.9 Å². The van der Waals surface area contributed by atoms with Crippen LogP contribution in [0.15, 0.2) is 48.5 Å². The SMILES string of the molecule is O=C(O)CC[C@H](NC(=O)Oc1ccc(COC(=O)Nc2ccc(N(CCI)CCI)cc2)cc1)C(=O)O. The predicted octanol–water partition coefficient (Wildman–Crippen LogP) is 4.52. The Morgan fingerprint density at radius 3 is 2.05 bits per heavy atom. The van der Waals surface area contributed by atoms with Gasteiger partial charge in [-0.05, 0) is 48.4 Å². The van der Waals surface area contributed by atoms with Crippen LogP contribution in [0.1, 0.15) is 18.4 Å². The number of halogens is 2. The van der Waals surface area contributed by atoms with E-state index in [0.717, 1.165) is 27.6 Å². The van der Waals surface area contributed by atoms with E-state index in [2.05, 4.69) is 60.7 Å². The molecule has 0 saturated carbocycles. The van der Waals surface area contributed by atoms with E-state index in [0.29, 0.717) is 11.3 Å². The number of carboxylic acid groups (broad SMARTS) is 2. The molecule has 2 amide bonds. The number of amides is 2. The molecule has 37 heavy (non-hydrogen) atoms. The van der Waals surface area contributed by atoms with Crippen molar-refractivity contribution in [3.05, 3.63) is 54.1 Å². The van der Waals surface area contributed by atoms with Crippen LogP contribution >= 0.6 is 45.2 Å². The van der Waals surface area contributed by atoms with Gasteiger partial charge in [0.15, 0.2) is 0 Å². The zero-order valence-corrected chi connectivity index (χ0v) is 24.0. The Balaban J connectivity index is 1.81. The van der Waals surface area contributed by atoms with Gasteiger partial charge in [-0.25, -0.2) is 14.4 Å². The summed E-state index contributed by atoms with van der Waals surface area (Å²) in [5.74, 6) is -2.41. The lowest BCUT2D eigenvalue weighted by molar-refractivity contribution is -0.140. The summed E-state index contributed by atoms with van der Waals surface area (Å²) >= 11 is 4.69. The average Bonchev–Trinajstić information content (AvgIpc) is 2.86. The molecule has 0 bridgehead atoms. The third-order valence-electron chi connectivity index (χ3n) is 4.93. The predicted molar refractivity (Wildman–Crippen MR) is 154 cm³/mol. The van der Waals surface area contributed by atoms with E-state index >= 15 is 0 Å². The number of hydrogen-bond acceptors (Lipinski definition) is 7. The Morgan fingerprint density at radius 2 is 1.51 bits per heavy atom. The van der Waals surface area contributed by atoms with Crippen LogP contribution in [-0.4, -0.2) is 62.3 Å². The minimum Gasteiger partial charge on any atom is -0.481 e. The van der Waals surface area contributed by atoms with Gasteiger partial charge in [-0.15, -0.1) is 0 Å². The Hall–Kier alpha value is -2.82. The number of aliphatic carboxylic acids is 2. The molecule has 0 aliphatic carbocycles. The fourth-order valence-corrected chi connectivity index (χ4v) is 4.25. The number of carbonyl (C=O) groups excluding carboxylic acids is 2. The van der Waals surface area contributed by atoms with Crippen LogP contribution in [0.25, 0.3) is 0 Å². The number of carboxylic acids is 2. The average molecular weight is 739 g/mol. The van der Waals surface area contributed by atoms with Crippen molar-refractivity contribution in [2.24, 2.45) is 0 Å². The number of alkyl halides is 2. The summed E-state index contributed by atoms with van der Waals surface area (Å²) in [5.41, 5.74) is 2.33. The molecule has 2 aromatic carbocycles. The summed E-state index contributed by atoms with van der Waals surface area (Å²) in [6.45, 7) is 1.87. The van der Waals surface area contributed by atoms with Gasteiger partial charge in [0.1, 0.15) is 18.4 Å². The summed E-state index contributed by atoms with van der Waals surface area (Å²) in [6.07, 6.45) is -2.34. The van der Waals surface area contributed by atoms with Crippen LogP contribution in [0, 0.1) is 0 Å². The second-order valence-electron chi connectivity index (χ2n) is 7.61. The molecule has 0 fully saturated rings. The Bertz CT molecular complexity index is 1040. The van der Waals surface area contributed by atoms with Crippen LogP contribution in [-0.2, 0) is 20.9 Å². The first kappa shape index (κ1) is 30.4. The molecule has 0 radical (unpaired) electrons. The maximum Gasteiger partial charge on any atom is 0.413 e. The lowest BCUT2D eigenvalue weighted by Gasteiger charge is -2.23. The minimum atomic E-state index is -1.39. The molecular formula is C24H27I2N3O8. The van der Waals surface area contributed by atoms with E-state index in [-0.39, 0.29) is 18.8 Å². The molecule has 0 spiro atoms. The lowest BCUT2D eigenvalue weighted by atomic mass is 10.1. The monoisotopic (exact) mass is 739 g/mol. The van der Waals surface area contributed by atoms with Gasteiger partial charge in [0.05, 0.1) is 0 Å². The molecule has 4 N–H and O–H groups in total. The molecule has 0 aromatic heterocycles. The van der Waals surface area contributed by atoms with Gasteiger partial charge >= 0.3 is 24.1 Å². The third kappa shape index (κ3) is 11.4. The highest BCUT2D eigenvalue weighted by atomic mass is 127. The highest BCUT2D eigenvalue weighted by molar-refractivity contribution is 14.1. The summed E-state index contributed by atoms with van der Waals surface area (Å²) < 4.78 is 12.3. The van der Waals surface area contributed by atoms with Crippen molar-refractivity contribution in [2.75, 3.05) is 32.2 Å². The van der Waals surface area contributed by atoms with Crippen molar-refractivity contribution in [3.63, 3.8) is 0 Å². The van der Waals surface area contributed by atoms with Crippen LogP contribution < -0.4 is 20.3 Å². The van der Waals surface area contributed by atoms with Gasteiger partial charge in [0, 0.05) is 39.7 Å². The van der Waals surface area contributed by atoms with Gasteiger partial charge < -0.3 is 29.9 Å². The Kier molecular flexibility index (Phi) is 13.2. The van der Waals surface area contributed by atoms with Crippen molar-refractivity contribution in [1.82, 2.24) is 5.32 Å². The van der Waals surface area contributed by atoms with E-state index in [1.165, 1.54) is 12.1 Å². The van der Waals surface area contributed by atoms with E-state index in [9.17, 15) is 19.2 Å². The molecule has 200 valence electrons. The summed E-state index contributed by atoms with van der Waals surface area (Å²) in [7, 11) is 0. The first-order valence-electron chi connectivity index (χ1n) is 11.1. The van der Waals surface area contributed by atoms with Gasteiger partial charge in [0.25, 0.3) is 0 Å². The highest BCUT2D eigenvalue weighted by Crippen LogP contribution is 2.19. The summed E-state index contributed by atoms with van der Waals surface area (Å²) in [5, 5.41) is 22.6. The van der Waals surface area contributed by atoms with E-state index in [4.69, 9.17) is 19.7 Å².